The number of amides is 1. The summed E-state index contributed by atoms with van der Waals surface area (Å²) in [5.74, 6) is 0.694. The van der Waals surface area contributed by atoms with E-state index in [1.165, 1.54) is 9.69 Å². The van der Waals surface area contributed by atoms with E-state index >= 15 is 0 Å². The van der Waals surface area contributed by atoms with Gasteiger partial charge < -0.3 is 9.88 Å². The number of hydrogen-bond donors (Lipinski definition) is 1. The van der Waals surface area contributed by atoms with Crippen LogP contribution in [0.3, 0.4) is 0 Å². The summed E-state index contributed by atoms with van der Waals surface area (Å²) in [5.41, 5.74) is 3.62. The van der Waals surface area contributed by atoms with Crippen LogP contribution in [0.2, 0.25) is 0 Å². The lowest BCUT2D eigenvalue weighted by Gasteiger charge is -2.23. The number of benzene rings is 1. The number of hydrogen-bond acceptors (Lipinski definition) is 6. The summed E-state index contributed by atoms with van der Waals surface area (Å²) in [4.78, 5) is 30.8. The zero-order chi connectivity index (χ0) is 20.7. The molecule has 1 fully saturated rings. The van der Waals surface area contributed by atoms with Gasteiger partial charge in [-0.2, -0.15) is 10.2 Å². The SMILES string of the molecule is CSc1ccc2nc(C3CCCN3C(=O)c3nc(C)ccc3-n3nccn3)[nH]c2c1. The van der Waals surface area contributed by atoms with E-state index < -0.39 is 0 Å². The van der Waals surface area contributed by atoms with Gasteiger partial charge in [0.05, 0.1) is 29.5 Å². The summed E-state index contributed by atoms with van der Waals surface area (Å²) in [7, 11) is 0. The average Bonchev–Trinajstić information content (AvgIpc) is 3.52. The molecule has 152 valence electrons. The molecule has 0 saturated carbocycles. The average molecular weight is 420 g/mol. The number of pyridine rings is 1. The Morgan fingerprint density at radius 3 is 2.80 bits per heavy atom. The number of nitrogens with zero attached hydrogens (tertiary/aromatic N) is 6. The Balaban J connectivity index is 1.51. The van der Waals surface area contributed by atoms with Crippen molar-refractivity contribution in [2.24, 2.45) is 0 Å². The fourth-order valence-corrected chi connectivity index (χ4v) is 4.37. The Hall–Kier alpha value is -3.20. The van der Waals surface area contributed by atoms with Crippen LogP contribution in [0.5, 0.6) is 0 Å². The first kappa shape index (κ1) is 18.8. The molecule has 1 amide bonds. The molecule has 0 bridgehead atoms. The number of fused-ring (bicyclic) bond motifs is 1. The number of H-pyrrole nitrogens is 1. The van der Waals surface area contributed by atoms with Crippen molar-refractivity contribution in [3.05, 3.63) is 59.9 Å². The molecule has 1 aliphatic heterocycles. The number of rotatable bonds is 4. The summed E-state index contributed by atoms with van der Waals surface area (Å²) in [6, 6.07) is 9.77. The number of carbonyl (C=O) groups is 1. The first-order valence-corrected chi connectivity index (χ1v) is 11.1. The third-order valence-corrected chi connectivity index (χ3v) is 6.11. The second-order valence-electron chi connectivity index (χ2n) is 7.30. The fraction of sp³-hybridized carbons (Fsp3) is 0.286. The number of imidazole rings is 1. The molecule has 1 aromatic carbocycles. The molecule has 1 N–H and O–H groups in total. The molecular formula is C21H21N7OS. The van der Waals surface area contributed by atoms with Crippen molar-refractivity contribution in [2.45, 2.75) is 30.7 Å². The Morgan fingerprint density at radius 1 is 1.17 bits per heavy atom. The second-order valence-corrected chi connectivity index (χ2v) is 8.18. The summed E-state index contributed by atoms with van der Waals surface area (Å²) >= 11 is 1.69. The van der Waals surface area contributed by atoms with E-state index in [0.29, 0.717) is 17.9 Å². The molecule has 0 aliphatic carbocycles. The minimum Gasteiger partial charge on any atom is -0.340 e. The second kappa shape index (κ2) is 7.56. The number of aromatic nitrogens is 6. The lowest BCUT2D eigenvalue weighted by molar-refractivity contribution is 0.0724. The maximum atomic E-state index is 13.6. The van der Waals surface area contributed by atoms with Gasteiger partial charge in [0.15, 0.2) is 5.69 Å². The number of carbonyl (C=O) groups excluding carboxylic acids is 1. The third kappa shape index (κ3) is 3.24. The normalized spacial score (nSPS) is 16.5. The molecular weight excluding hydrogens is 398 g/mol. The lowest BCUT2D eigenvalue weighted by Crippen LogP contribution is -2.33. The van der Waals surface area contributed by atoms with Crippen molar-refractivity contribution in [2.75, 3.05) is 12.8 Å². The molecule has 5 rings (SSSR count). The van der Waals surface area contributed by atoms with Crippen molar-refractivity contribution in [1.29, 1.82) is 0 Å². The van der Waals surface area contributed by atoms with Crippen LogP contribution in [-0.4, -0.2) is 53.6 Å². The summed E-state index contributed by atoms with van der Waals surface area (Å²) in [5, 5.41) is 8.36. The molecule has 1 unspecified atom stereocenters. The molecule has 1 atom stereocenters. The largest absolute Gasteiger partial charge is 0.340 e. The van der Waals surface area contributed by atoms with Crippen molar-refractivity contribution in [3.8, 4) is 5.69 Å². The highest BCUT2D eigenvalue weighted by molar-refractivity contribution is 7.98. The van der Waals surface area contributed by atoms with Gasteiger partial charge in [0.25, 0.3) is 5.91 Å². The zero-order valence-corrected chi connectivity index (χ0v) is 17.6. The van der Waals surface area contributed by atoms with E-state index in [1.807, 2.05) is 30.0 Å². The van der Waals surface area contributed by atoms with Gasteiger partial charge in [-0.3, -0.25) is 4.79 Å². The maximum Gasteiger partial charge on any atom is 0.275 e. The highest BCUT2D eigenvalue weighted by Crippen LogP contribution is 2.33. The van der Waals surface area contributed by atoms with E-state index in [-0.39, 0.29) is 11.9 Å². The van der Waals surface area contributed by atoms with Gasteiger partial charge in [0.1, 0.15) is 11.5 Å². The van der Waals surface area contributed by atoms with Crippen molar-refractivity contribution in [3.63, 3.8) is 0 Å². The maximum absolute atomic E-state index is 13.6. The van der Waals surface area contributed by atoms with Crippen LogP contribution in [0.4, 0.5) is 0 Å². The molecule has 0 radical (unpaired) electrons. The van der Waals surface area contributed by atoms with Crippen LogP contribution in [-0.2, 0) is 0 Å². The van der Waals surface area contributed by atoms with E-state index in [9.17, 15) is 4.79 Å². The number of nitrogens with one attached hydrogen (secondary N) is 1. The summed E-state index contributed by atoms with van der Waals surface area (Å²) in [6.45, 7) is 2.54. The van der Waals surface area contributed by atoms with Crippen LogP contribution >= 0.6 is 11.8 Å². The van der Waals surface area contributed by atoms with Gasteiger partial charge in [-0.15, -0.1) is 16.6 Å². The minimum absolute atomic E-state index is 0.108. The monoisotopic (exact) mass is 419 g/mol. The van der Waals surface area contributed by atoms with Crippen LogP contribution in [0, 0.1) is 6.92 Å². The number of likely N-dealkylation sites (tertiary alicyclic amines) is 1. The number of aryl methyl sites for hydroxylation is 1. The molecule has 8 nitrogen and oxygen atoms in total. The minimum atomic E-state index is -0.126. The van der Waals surface area contributed by atoms with E-state index in [1.54, 1.807) is 24.2 Å². The Labute approximate surface area is 177 Å². The molecule has 3 aromatic heterocycles. The van der Waals surface area contributed by atoms with Gasteiger partial charge >= 0.3 is 0 Å². The van der Waals surface area contributed by atoms with Crippen molar-refractivity contribution >= 4 is 28.7 Å². The number of aromatic amines is 1. The molecule has 4 aromatic rings. The highest BCUT2D eigenvalue weighted by Gasteiger charge is 2.34. The summed E-state index contributed by atoms with van der Waals surface area (Å²) in [6.07, 6.45) is 7.01. The first-order valence-electron chi connectivity index (χ1n) is 9.83. The Kier molecular flexibility index (Phi) is 4.74. The van der Waals surface area contributed by atoms with Crippen LogP contribution < -0.4 is 0 Å². The lowest BCUT2D eigenvalue weighted by atomic mass is 10.2. The van der Waals surface area contributed by atoms with E-state index in [0.717, 1.165) is 35.4 Å². The predicted octanol–water partition coefficient (Wildman–Crippen LogP) is 3.55. The number of thioether (sulfide) groups is 1. The quantitative estimate of drug-likeness (QED) is 0.509. The Morgan fingerprint density at radius 2 is 2.00 bits per heavy atom. The third-order valence-electron chi connectivity index (χ3n) is 5.39. The van der Waals surface area contributed by atoms with Gasteiger partial charge in [-0.25, -0.2) is 9.97 Å². The van der Waals surface area contributed by atoms with Gasteiger partial charge in [-0.05, 0) is 56.4 Å². The smallest absolute Gasteiger partial charge is 0.275 e. The Bertz CT molecular complexity index is 1220. The molecule has 4 heterocycles. The zero-order valence-electron chi connectivity index (χ0n) is 16.7. The highest BCUT2D eigenvalue weighted by atomic mass is 32.2. The molecule has 30 heavy (non-hydrogen) atoms. The predicted molar refractivity (Wildman–Crippen MR) is 115 cm³/mol. The van der Waals surface area contributed by atoms with Gasteiger partial charge in [-0.1, -0.05) is 0 Å². The molecule has 1 aliphatic rings. The van der Waals surface area contributed by atoms with Crippen molar-refractivity contribution in [1.82, 2.24) is 34.8 Å². The summed E-state index contributed by atoms with van der Waals surface area (Å²) < 4.78 is 0. The molecule has 9 heteroatoms. The van der Waals surface area contributed by atoms with Gasteiger partial charge in [0, 0.05) is 17.1 Å². The standard InChI is InChI=1S/C21H21N7OS/c1-13-5-8-17(28-22-9-10-23-28)19(24-13)21(29)27-11-3-4-18(27)20-25-15-7-6-14(30-2)12-16(15)26-20/h5-10,12,18H,3-4,11H2,1-2H3,(H,25,26). The fourth-order valence-electron chi connectivity index (χ4n) is 3.93. The topological polar surface area (TPSA) is 92.6 Å². The first-order chi connectivity index (χ1) is 14.6. The van der Waals surface area contributed by atoms with Gasteiger partial charge in [0.2, 0.25) is 0 Å². The van der Waals surface area contributed by atoms with E-state index in [2.05, 4.69) is 38.6 Å². The van der Waals surface area contributed by atoms with Crippen LogP contribution in [0.25, 0.3) is 16.7 Å². The van der Waals surface area contributed by atoms with E-state index in [4.69, 9.17) is 4.98 Å². The van der Waals surface area contributed by atoms with Crippen LogP contribution in [0.15, 0.2) is 47.6 Å². The van der Waals surface area contributed by atoms with Crippen LogP contribution in [0.1, 0.15) is 40.9 Å². The van der Waals surface area contributed by atoms with Crippen molar-refractivity contribution < 1.29 is 4.79 Å². The molecule has 1 saturated heterocycles. The molecule has 0 spiro atoms.